The quantitative estimate of drug-likeness (QED) is 0.687. The van der Waals surface area contributed by atoms with E-state index in [-0.39, 0.29) is 0 Å². The van der Waals surface area contributed by atoms with E-state index in [0.29, 0.717) is 5.82 Å². The van der Waals surface area contributed by atoms with E-state index in [9.17, 15) is 0 Å². The average Bonchev–Trinajstić information content (AvgIpc) is 2.95. The van der Waals surface area contributed by atoms with Crippen LogP contribution in [0.1, 0.15) is 5.82 Å². The lowest BCUT2D eigenvalue weighted by Gasteiger charge is -1.94. The molecule has 0 bridgehead atoms. The lowest BCUT2D eigenvalue weighted by molar-refractivity contribution is 0.969. The van der Waals surface area contributed by atoms with Gasteiger partial charge in [-0.3, -0.25) is 0 Å². The SMILES string of the molecule is Cn1cc(-c2cnc(C#N)[nH]2)c2ccccc21. The van der Waals surface area contributed by atoms with Crippen LogP contribution in [0.4, 0.5) is 0 Å². The number of hydrogen-bond donors (Lipinski definition) is 1. The highest BCUT2D eigenvalue weighted by molar-refractivity contribution is 5.95. The third kappa shape index (κ3) is 1.41. The molecule has 0 aliphatic heterocycles. The Bertz CT molecular complexity index is 727. The summed E-state index contributed by atoms with van der Waals surface area (Å²) in [6, 6.07) is 10.2. The second-order valence-corrected chi connectivity index (χ2v) is 3.93. The Morgan fingerprint density at radius 1 is 1.35 bits per heavy atom. The normalized spacial score (nSPS) is 10.6. The Morgan fingerprint density at radius 3 is 2.94 bits per heavy atom. The number of rotatable bonds is 1. The van der Waals surface area contributed by atoms with Crippen molar-refractivity contribution >= 4 is 10.9 Å². The Hall–Kier alpha value is -2.54. The van der Waals surface area contributed by atoms with E-state index < -0.39 is 0 Å². The molecule has 0 saturated heterocycles. The van der Waals surface area contributed by atoms with E-state index in [1.807, 2.05) is 31.4 Å². The predicted molar refractivity (Wildman–Crippen MR) is 65.2 cm³/mol. The van der Waals surface area contributed by atoms with E-state index >= 15 is 0 Å². The largest absolute Gasteiger partial charge is 0.350 e. The van der Waals surface area contributed by atoms with Crippen LogP contribution < -0.4 is 0 Å². The molecule has 0 aliphatic carbocycles. The fraction of sp³-hybridized carbons (Fsp3) is 0.0769. The van der Waals surface area contributed by atoms with Gasteiger partial charge in [0, 0.05) is 29.7 Å². The number of aromatic nitrogens is 3. The van der Waals surface area contributed by atoms with Gasteiger partial charge in [-0.25, -0.2) is 4.98 Å². The van der Waals surface area contributed by atoms with Crippen molar-refractivity contribution in [3.63, 3.8) is 0 Å². The van der Waals surface area contributed by atoms with Crippen molar-refractivity contribution < 1.29 is 0 Å². The van der Waals surface area contributed by atoms with E-state index in [2.05, 4.69) is 26.7 Å². The number of nitrogens with zero attached hydrogens (tertiary/aromatic N) is 3. The van der Waals surface area contributed by atoms with Crippen LogP contribution in [0.2, 0.25) is 0 Å². The van der Waals surface area contributed by atoms with Crippen LogP contribution in [0.25, 0.3) is 22.2 Å². The standard InChI is InChI=1S/C13H10N4/c1-17-8-10(9-4-2-3-5-12(9)17)11-7-15-13(6-14)16-11/h2-5,7-8H,1H3,(H,15,16). The van der Waals surface area contributed by atoms with Crippen LogP contribution in [-0.4, -0.2) is 14.5 Å². The summed E-state index contributed by atoms with van der Waals surface area (Å²) in [5.41, 5.74) is 3.10. The monoisotopic (exact) mass is 222 g/mol. The summed E-state index contributed by atoms with van der Waals surface area (Å²) in [4.78, 5) is 7.00. The first kappa shape index (κ1) is 9.67. The van der Waals surface area contributed by atoms with Crippen LogP contribution in [0.15, 0.2) is 36.7 Å². The maximum absolute atomic E-state index is 8.77. The van der Waals surface area contributed by atoms with Gasteiger partial charge in [0.15, 0.2) is 0 Å². The summed E-state index contributed by atoms with van der Waals surface area (Å²) in [6.45, 7) is 0. The highest BCUT2D eigenvalue weighted by Crippen LogP contribution is 2.28. The third-order valence-corrected chi connectivity index (χ3v) is 2.87. The number of fused-ring (bicyclic) bond motifs is 1. The molecule has 0 saturated carbocycles. The van der Waals surface area contributed by atoms with Crippen molar-refractivity contribution in [1.82, 2.24) is 14.5 Å². The first-order chi connectivity index (χ1) is 8.29. The smallest absolute Gasteiger partial charge is 0.210 e. The highest BCUT2D eigenvalue weighted by atomic mass is 14.9. The summed E-state index contributed by atoms with van der Waals surface area (Å²) in [6.07, 6.45) is 3.74. The van der Waals surface area contributed by atoms with Gasteiger partial charge in [-0.2, -0.15) is 5.26 Å². The topological polar surface area (TPSA) is 57.4 Å². The summed E-state index contributed by atoms with van der Waals surface area (Å²) in [7, 11) is 2.01. The minimum Gasteiger partial charge on any atom is -0.350 e. The van der Waals surface area contributed by atoms with Crippen LogP contribution in [0.5, 0.6) is 0 Å². The zero-order valence-corrected chi connectivity index (χ0v) is 9.31. The van der Waals surface area contributed by atoms with E-state index in [4.69, 9.17) is 5.26 Å². The first-order valence-corrected chi connectivity index (χ1v) is 5.29. The summed E-state index contributed by atoms with van der Waals surface area (Å²) in [5, 5.41) is 9.92. The van der Waals surface area contributed by atoms with Crippen molar-refractivity contribution in [3.8, 4) is 17.3 Å². The highest BCUT2D eigenvalue weighted by Gasteiger charge is 2.10. The number of aromatic amines is 1. The Labute approximate surface area is 98.1 Å². The van der Waals surface area contributed by atoms with Crippen molar-refractivity contribution in [2.45, 2.75) is 0 Å². The van der Waals surface area contributed by atoms with Gasteiger partial charge in [-0.1, -0.05) is 18.2 Å². The van der Waals surface area contributed by atoms with Gasteiger partial charge in [0.2, 0.25) is 5.82 Å². The van der Waals surface area contributed by atoms with Gasteiger partial charge in [-0.15, -0.1) is 0 Å². The molecule has 0 amide bonds. The number of imidazole rings is 1. The maximum Gasteiger partial charge on any atom is 0.210 e. The molecule has 3 rings (SSSR count). The third-order valence-electron chi connectivity index (χ3n) is 2.87. The van der Waals surface area contributed by atoms with E-state index in [1.165, 1.54) is 0 Å². The van der Waals surface area contributed by atoms with Gasteiger partial charge < -0.3 is 9.55 Å². The molecule has 0 atom stereocenters. The number of nitrogens with one attached hydrogen (secondary N) is 1. The molecule has 2 heterocycles. The van der Waals surface area contributed by atoms with Gasteiger partial charge in [0.05, 0.1) is 11.9 Å². The average molecular weight is 222 g/mol. The molecular weight excluding hydrogens is 212 g/mol. The molecule has 0 aliphatic rings. The van der Waals surface area contributed by atoms with Crippen LogP contribution in [-0.2, 0) is 7.05 Å². The van der Waals surface area contributed by atoms with Gasteiger partial charge in [0.25, 0.3) is 0 Å². The summed E-state index contributed by atoms with van der Waals surface area (Å²) < 4.78 is 2.07. The van der Waals surface area contributed by atoms with E-state index in [0.717, 1.165) is 22.2 Å². The minimum atomic E-state index is 0.341. The zero-order valence-electron chi connectivity index (χ0n) is 9.31. The Balaban J connectivity index is 2.27. The number of para-hydroxylation sites is 1. The molecule has 82 valence electrons. The predicted octanol–water partition coefficient (Wildman–Crippen LogP) is 2.44. The molecule has 0 spiro atoms. The number of nitriles is 1. The van der Waals surface area contributed by atoms with Crippen LogP contribution in [0.3, 0.4) is 0 Å². The van der Waals surface area contributed by atoms with Crippen LogP contribution in [0, 0.1) is 11.3 Å². The second-order valence-electron chi connectivity index (χ2n) is 3.93. The number of H-pyrrole nitrogens is 1. The fourth-order valence-electron chi connectivity index (χ4n) is 2.07. The van der Waals surface area contributed by atoms with Crippen molar-refractivity contribution in [3.05, 3.63) is 42.5 Å². The Morgan fingerprint density at radius 2 is 2.18 bits per heavy atom. The number of hydrogen-bond acceptors (Lipinski definition) is 2. The Kier molecular flexibility index (Phi) is 1.99. The molecule has 0 radical (unpaired) electrons. The second kappa shape index (κ2) is 3.49. The van der Waals surface area contributed by atoms with Crippen molar-refractivity contribution in [2.24, 2.45) is 7.05 Å². The molecule has 2 aromatic heterocycles. The zero-order chi connectivity index (χ0) is 11.8. The van der Waals surface area contributed by atoms with Gasteiger partial charge >= 0.3 is 0 Å². The maximum atomic E-state index is 8.77. The number of aryl methyl sites for hydroxylation is 1. The molecule has 17 heavy (non-hydrogen) atoms. The fourth-order valence-corrected chi connectivity index (χ4v) is 2.07. The molecule has 1 aromatic carbocycles. The van der Waals surface area contributed by atoms with Gasteiger partial charge in [0.1, 0.15) is 6.07 Å². The van der Waals surface area contributed by atoms with Crippen molar-refractivity contribution in [1.29, 1.82) is 5.26 Å². The molecule has 1 N–H and O–H groups in total. The molecule has 0 unspecified atom stereocenters. The summed E-state index contributed by atoms with van der Waals surface area (Å²) in [5.74, 6) is 0.341. The van der Waals surface area contributed by atoms with E-state index in [1.54, 1.807) is 6.20 Å². The van der Waals surface area contributed by atoms with Crippen LogP contribution >= 0.6 is 0 Å². The van der Waals surface area contributed by atoms with Crippen molar-refractivity contribution in [2.75, 3.05) is 0 Å². The lowest BCUT2D eigenvalue weighted by atomic mass is 10.1. The van der Waals surface area contributed by atoms with Gasteiger partial charge in [-0.05, 0) is 6.07 Å². The molecule has 3 aromatic rings. The molecule has 4 heteroatoms. The molecular formula is C13H10N4. The first-order valence-electron chi connectivity index (χ1n) is 5.29. The lowest BCUT2D eigenvalue weighted by Crippen LogP contribution is -1.81. The molecule has 4 nitrogen and oxygen atoms in total. The molecule has 0 fully saturated rings. The number of benzene rings is 1. The minimum absolute atomic E-state index is 0.341. The summed E-state index contributed by atoms with van der Waals surface area (Å²) >= 11 is 0.